The molecule has 0 amide bonds. The summed E-state index contributed by atoms with van der Waals surface area (Å²) in [6, 6.07) is 3.02. The van der Waals surface area contributed by atoms with Crippen molar-refractivity contribution < 1.29 is 17.7 Å². The van der Waals surface area contributed by atoms with Crippen LogP contribution < -0.4 is 5.32 Å². The molecule has 1 aliphatic heterocycles. The van der Waals surface area contributed by atoms with Gasteiger partial charge in [-0.1, -0.05) is 6.07 Å². The van der Waals surface area contributed by atoms with Crippen LogP contribution in [0.3, 0.4) is 0 Å². The molecular formula is C11H14FN3O4S. The van der Waals surface area contributed by atoms with Crippen molar-refractivity contribution in [2.75, 3.05) is 19.6 Å². The Bertz CT molecular complexity index is 635. The lowest BCUT2D eigenvalue weighted by Gasteiger charge is -2.30. The van der Waals surface area contributed by atoms with E-state index in [9.17, 15) is 22.9 Å². The molecule has 1 N–H and O–H groups in total. The van der Waals surface area contributed by atoms with Gasteiger partial charge in [0.25, 0.3) is 0 Å². The fourth-order valence-electron chi connectivity index (χ4n) is 2.14. The Balaban J connectivity index is 2.49. The van der Waals surface area contributed by atoms with Crippen LogP contribution >= 0.6 is 0 Å². The normalized spacial score (nSPS) is 20.8. The van der Waals surface area contributed by atoms with Gasteiger partial charge in [0.15, 0.2) is 4.90 Å². The molecular weight excluding hydrogens is 289 g/mol. The van der Waals surface area contributed by atoms with E-state index in [4.69, 9.17) is 0 Å². The smallest absolute Gasteiger partial charge is 0.312 e. The Hall–Kier alpha value is -1.58. The van der Waals surface area contributed by atoms with Gasteiger partial charge in [0.1, 0.15) is 0 Å². The molecule has 9 heteroatoms. The summed E-state index contributed by atoms with van der Waals surface area (Å²) in [7, 11) is -4.08. The van der Waals surface area contributed by atoms with Crippen molar-refractivity contribution in [3.8, 4) is 0 Å². The van der Waals surface area contributed by atoms with E-state index >= 15 is 0 Å². The van der Waals surface area contributed by atoms with Crippen molar-refractivity contribution in [3.63, 3.8) is 0 Å². The van der Waals surface area contributed by atoms with Crippen molar-refractivity contribution in [1.29, 1.82) is 0 Å². The van der Waals surface area contributed by atoms with E-state index in [0.29, 0.717) is 6.54 Å². The average Bonchev–Trinajstić information content (AvgIpc) is 2.38. The molecule has 110 valence electrons. The van der Waals surface area contributed by atoms with Gasteiger partial charge < -0.3 is 5.32 Å². The third-order valence-corrected chi connectivity index (χ3v) is 4.98. The summed E-state index contributed by atoms with van der Waals surface area (Å²) < 4.78 is 39.5. The molecule has 1 unspecified atom stereocenters. The van der Waals surface area contributed by atoms with E-state index in [1.54, 1.807) is 0 Å². The third-order valence-electron chi connectivity index (χ3n) is 3.08. The second-order valence-corrected chi connectivity index (χ2v) is 6.47. The summed E-state index contributed by atoms with van der Waals surface area (Å²) in [6.07, 6.45) is 0. The maximum atomic E-state index is 13.5. The van der Waals surface area contributed by atoms with Crippen LogP contribution in [0, 0.1) is 15.9 Å². The van der Waals surface area contributed by atoms with Gasteiger partial charge in [0.05, 0.1) is 4.92 Å². The maximum absolute atomic E-state index is 13.5. The molecule has 0 aliphatic carbocycles. The highest BCUT2D eigenvalue weighted by atomic mass is 32.2. The summed E-state index contributed by atoms with van der Waals surface area (Å²) in [5.41, 5.74) is -1.00. The monoisotopic (exact) mass is 303 g/mol. The molecule has 1 aromatic carbocycles. The van der Waals surface area contributed by atoms with Crippen molar-refractivity contribution in [1.82, 2.24) is 9.62 Å². The second-order valence-electron chi connectivity index (χ2n) is 4.56. The number of sulfonamides is 1. The lowest BCUT2D eigenvalue weighted by molar-refractivity contribution is -0.390. The molecule has 0 saturated carbocycles. The van der Waals surface area contributed by atoms with Crippen LogP contribution in [0.4, 0.5) is 10.1 Å². The third kappa shape index (κ3) is 2.65. The Kier molecular flexibility index (Phi) is 4.02. The van der Waals surface area contributed by atoms with Gasteiger partial charge in [-0.3, -0.25) is 10.1 Å². The number of rotatable bonds is 3. The lowest BCUT2D eigenvalue weighted by Crippen LogP contribution is -2.51. The second kappa shape index (κ2) is 5.43. The van der Waals surface area contributed by atoms with Crippen LogP contribution in [0.25, 0.3) is 0 Å². The number of para-hydroxylation sites is 1. The quantitative estimate of drug-likeness (QED) is 0.656. The lowest BCUT2D eigenvalue weighted by atomic mass is 10.3. The first-order chi connectivity index (χ1) is 9.34. The molecule has 0 spiro atoms. The number of halogens is 1. The molecule has 0 bridgehead atoms. The number of nitro groups is 1. The van der Waals surface area contributed by atoms with Gasteiger partial charge >= 0.3 is 5.69 Å². The summed E-state index contributed by atoms with van der Waals surface area (Å²) in [5, 5.41) is 14.0. The molecule has 2 rings (SSSR count). The molecule has 1 aromatic rings. The Morgan fingerprint density at radius 2 is 2.20 bits per heavy atom. The highest BCUT2D eigenvalue weighted by molar-refractivity contribution is 7.89. The maximum Gasteiger partial charge on any atom is 0.324 e. The Morgan fingerprint density at radius 3 is 2.80 bits per heavy atom. The minimum absolute atomic E-state index is 0.0638. The van der Waals surface area contributed by atoms with Gasteiger partial charge in [0.2, 0.25) is 15.8 Å². The standard InChI is InChI=1S/C11H14FN3O4S/c1-8-7-14(6-5-13-8)20(18,19)10-4-2-3-9(12)11(10)15(16)17/h2-4,8,13H,5-7H2,1H3. The number of benzene rings is 1. The van der Waals surface area contributed by atoms with Crippen molar-refractivity contribution in [2.45, 2.75) is 17.9 Å². The van der Waals surface area contributed by atoms with Gasteiger partial charge in [-0.05, 0) is 19.1 Å². The van der Waals surface area contributed by atoms with Crippen LogP contribution in [0.5, 0.6) is 0 Å². The molecule has 1 atom stereocenters. The van der Waals surface area contributed by atoms with E-state index in [0.717, 1.165) is 22.5 Å². The first-order valence-corrected chi connectivity index (χ1v) is 7.44. The minimum atomic E-state index is -4.08. The predicted molar refractivity (Wildman–Crippen MR) is 69.3 cm³/mol. The van der Waals surface area contributed by atoms with Crippen LogP contribution in [0.2, 0.25) is 0 Å². The summed E-state index contributed by atoms with van der Waals surface area (Å²) in [5.74, 6) is -1.15. The van der Waals surface area contributed by atoms with Crippen LogP contribution in [-0.4, -0.2) is 43.3 Å². The summed E-state index contributed by atoms with van der Waals surface area (Å²) in [6.45, 7) is 2.64. The first-order valence-electron chi connectivity index (χ1n) is 6.00. The minimum Gasteiger partial charge on any atom is -0.312 e. The Labute approximate surface area is 115 Å². The van der Waals surface area contributed by atoms with Gasteiger partial charge in [-0.2, -0.15) is 8.70 Å². The fourth-order valence-corrected chi connectivity index (χ4v) is 3.83. The van der Waals surface area contributed by atoms with E-state index < -0.39 is 31.3 Å². The van der Waals surface area contributed by atoms with Crippen LogP contribution in [0.15, 0.2) is 23.1 Å². The van der Waals surface area contributed by atoms with Crippen molar-refractivity contribution in [3.05, 3.63) is 34.1 Å². The number of nitrogens with zero attached hydrogens (tertiary/aromatic N) is 2. The van der Waals surface area contributed by atoms with Gasteiger partial charge in [-0.25, -0.2) is 8.42 Å². The average molecular weight is 303 g/mol. The molecule has 0 radical (unpaired) electrons. The van der Waals surface area contributed by atoms with Gasteiger partial charge in [0, 0.05) is 25.7 Å². The zero-order valence-corrected chi connectivity index (χ0v) is 11.6. The molecule has 1 heterocycles. The highest BCUT2D eigenvalue weighted by Gasteiger charge is 2.35. The number of piperazine rings is 1. The zero-order chi connectivity index (χ0) is 14.9. The van der Waals surface area contributed by atoms with Crippen molar-refractivity contribution >= 4 is 15.7 Å². The molecule has 1 saturated heterocycles. The molecule has 1 fully saturated rings. The van der Waals surface area contributed by atoms with Crippen LogP contribution in [-0.2, 0) is 10.0 Å². The molecule has 1 aliphatic rings. The van der Waals surface area contributed by atoms with E-state index in [-0.39, 0.29) is 19.1 Å². The van der Waals surface area contributed by atoms with E-state index in [1.165, 1.54) is 0 Å². The van der Waals surface area contributed by atoms with E-state index in [2.05, 4.69) is 5.32 Å². The number of nitro benzene ring substituents is 1. The topological polar surface area (TPSA) is 92.5 Å². The number of hydrogen-bond acceptors (Lipinski definition) is 5. The molecule has 20 heavy (non-hydrogen) atoms. The largest absolute Gasteiger partial charge is 0.324 e. The number of hydrogen-bond donors (Lipinski definition) is 1. The fraction of sp³-hybridized carbons (Fsp3) is 0.455. The SMILES string of the molecule is CC1CN(S(=O)(=O)c2cccc(F)c2[N+](=O)[O-])CCN1. The predicted octanol–water partition coefficient (Wildman–Crippen LogP) is 0.716. The summed E-state index contributed by atoms with van der Waals surface area (Å²) >= 11 is 0. The van der Waals surface area contributed by atoms with E-state index in [1.807, 2.05) is 6.92 Å². The first kappa shape index (κ1) is 14.8. The zero-order valence-electron chi connectivity index (χ0n) is 10.7. The summed E-state index contributed by atoms with van der Waals surface area (Å²) in [4.78, 5) is 9.30. The highest BCUT2D eigenvalue weighted by Crippen LogP contribution is 2.29. The van der Waals surface area contributed by atoms with Crippen LogP contribution in [0.1, 0.15) is 6.92 Å². The molecule has 7 nitrogen and oxygen atoms in total. The molecule has 0 aromatic heterocycles. The number of nitrogens with one attached hydrogen (secondary N) is 1. The van der Waals surface area contributed by atoms with Crippen molar-refractivity contribution in [2.24, 2.45) is 0 Å². The van der Waals surface area contributed by atoms with Gasteiger partial charge in [-0.15, -0.1) is 0 Å². The Morgan fingerprint density at radius 1 is 1.50 bits per heavy atom.